The van der Waals surface area contributed by atoms with Gasteiger partial charge in [-0.05, 0) is 20.8 Å². The smallest absolute Gasteiger partial charge is 0.333 e. The summed E-state index contributed by atoms with van der Waals surface area (Å²) in [5.41, 5.74) is 0.432. The summed E-state index contributed by atoms with van der Waals surface area (Å²) in [6, 6.07) is 0.0410. The van der Waals surface area contributed by atoms with Gasteiger partial charge < -0.3 is 14.8 Å². The molecule has 0 atom stereocenters. The van der Waals surface area contributed by atoms with Crippen LogP contribution in [0.4, 0.5) is 11.5 Å². The molecule has 0 amide bonds. The first-order valence-electron chi connectivity index (χ1n) is 6.53. The van der Waals surface area contributed by atoms with Crippen LogP contribution in [-0.2, 0) is 9.47 Å². The van der Waals surface area contributed by atoms with Crippen LogP contribution in [0.3, 0.4) is 0 Å². The van der Waals surface area contributed by atoms with Crippen LogP contribution in [0.15, 0.2) is 0 Å². The maximum atomic E-state index is 11.1. The Labute approximate surface area is 118 Å². The third-order valence-electron chi connectivity index (χ3n) is 2.70. The lowest BCUT2D eigenvalue weighted by atomic mass is 10.3. The van der Waals surface area contributed by atoms with Gasteiger partial charge in [0.05, 0.1) is 24.7 Å². The zero-order chi connectivity index (χ0) is 15.1. The molecule has 1 aromatic rings. The van der Waals surface area contributed by atoms with Gasteiger partial charge in [0.15, 0.2) is 0 Å². The van der Waals surface area contributed by atoms with Gasteiger partial charge >= 0.3 is 5.69 Å². The second-order valence-corrected chi connectivity index (χ2v) is 4.61. The van der Waals surface area contributed by atoms with Gasteiger partial charge in [-0.25, -0.2) is 4.68 Å². The van der Waals surface area contributed by atoms with Crippen molar-refractivity contribution in [3.8, 4) is 0 Å². The number of rotatable bonds is 9. The predicted molar refractivity (Wildman–Crippen MR) is 75.2 cm³/mol. The molecule has 114 valence electrons. The van der Waals surface area contributed by atoms with Gasteiger partial charge in [-0.1, -0.05) is 0 Å². The number of methoxy groups -OCH3 is 1. The van der Waals surface area contributed by atoms with Crippen LogP contribution in [-0.4, -0.2) is 48.2 Å². The Bertz CT molecular complexity index is 445. The Balaban J connectivity index is 2.69. The number of anilines is 1. The highest BCUT2D eigenvalue weighted by molar-refractivity contribution is 5.59. The summed E-state index contributed by atoms with van der Waals surface area (Å²) >= 11 is 0. The summed E-state index contributed by atoms with van der Waals surface area (Å²) in [7, 11) is 1.61. The molecule has 0 radical (unpaired) electrons. The topological polar surface area (TPSA) is 91.4 Å². The first kappa shape index (κ1) is 16.4. The van der Waals surface area contributed by atoms with Crippen molar-refractivity contribution in [3.63, 3.8) is 0 Å². The molecule has 1 heterocycles. The molecule has 0 bridgehead atoms. The van der Waals surface area contributed by atoms with E-state index in [1.807, 2.05) is 13.8 Å². The van der Waals surface area contributed by atoms with E-state index in [4.69, 9.17) is 9.47 Å². The van der Waals surface area contributed by atoms with Crippen molar-refractivity contribution in [2.24, 2.45) is 0 Å². The maximum absolute atomic E-state index is 11.1. The highest BCUT2D eigenvalue weighted by Gasteiger charge is 2.26. The van der Waals surface area contributed by atoms with E-state index < -0.39 is 4.92 Å². The highest BCUT2D eigenvalue weighted by Crippen LogP contribution is 2.30. The molecule has 20 heavy (non-hydrogen) atoms. The Morgan fingerprint density at radius 2 is 2.10 bits per heavy atom. The summed E-state index contributed by atoms with van der Waals surface area (Å²) in [5, 5.41) is 18.4. The average molecular weight is 286 g/mol. The summed E-state index contributed by atoms with van der Waals surface area (Å²) in [5.74, 6) is 0.429. The Morgan fingerprint density at radius 1 is 1.40 bits per heavy atom. The molecule has 0 spiro atoms. The average Bonchev–Trinajstić information content (AvgIpc) is 2.71. The zero-order valence-electron chi connectivity index (χ0n) is 12.4. The SMILES string of the molecule is COCCOCCNc1c([N+](=O)[O-])c(C)nn1C(C)C. The minimum Gasteiger partial charge on any atom is -0.382 e. The predicted octanol–water partition coefficient (Wildman–Crippen LogP) is 1.76. The van der Waals surface area contributed by atoms with E-state index in [-0.39, 0.29) is 11.7 Å². The van der Waals surface area contributed by atoms with Crippen LogP contribution in [0, 0.1) is 17.0 Å². The molecule has 0 aliphatic heterocycles. The molecule has 8 heteroatoms. The molecule has 1 N–H and O–H groups in total. The van der Waals surface area contributed by atoms with Crippen molar-refractivity contribution in [2.75, 3.05) is 38.8 Å². The normalized spacial score (nSPS) is 11.1. The van der Waals surface area contributed by atoms with Gasteiger partial charge in [-0.15, -0.1) is 0 Å². The molecule has 0 aliphatic rings. The van der Waals surface area contributed by atoms with Crippen LogP contribution in [0.5, 0.6) is 0 Å². The van der Waals surface area contributed by atoms with Crippen molar-refractivity contribution < 1.29 is 14.4 Å². The van der Waals surface area contributed by atoms with Crippen LogP contribution in [0.1, 0.15) is 25.6 Å². The largest absolute Gasteiger partial charge is 0.382 e. The molecule has 0 aliphatic carbocycles. The molecular weight excluding hydrogens is 264 g/mol. The number of nitrogens with zero attached hydrogens (tertiary/aromatic N) is 3. The molecular formula is C12H22N4O4. The minimum atomic E-state index is -0.407. The van der Waals surface area contributed by atoms with Crippen LogP contribution in [0.25, 0.3) is 0 Å². The van der Waals surface area contributed by atoms with E-state index in [0.717, 1.165) is 0 Å². The third-order valence-corrected chi connectivity index (χ3v) is 2.70. The van der Waals surface area contributed by atoms with E-state index in [1.165, 1.54) is 0 Å². The molecule has 1 aromatic heterocycles. The second-order valence-electron chi connectivity index (χ2n) is 4.61. The van der Waals surface area contributed by atoms with Crippen molar-refractivity contribution in [3.05, 3.63) is 15.8 Å². The number of nitrogens with one attached hydrogen (secondary N) is 1. The molecule has 0 fully saturated rings. The number of aromatic nitrogens is 2. The summed E-state index contributed by atoms with van der Waals surface area (Å²) in [4.78, 5) is 10.7. The second kappa shape index (κ2) is 7.81. The number of ether oxygens (including phenoxy) is 2. The van der Waals surface area contributed by atoms with E-state index in [9.17, 15) is 10.1 Å². The fourth-order valence-electron chi connectivity index (χ4n) is 1.78. The maximum Gasteiger partial charge on any atom is 0.333 e. The van der Waals surface area contributed by atoms with Gasteiger partial charge in [0.2, 0.25) is 5.82 Å². The van der Waals surface area contributed by atoms with E-state index in [2.05, 4.69) is 10.4 Å². The van der Waals surface area contributed by atoms with Gasteiger partial charge in [0.1, 0.15) is 5.69 Å². The van der Waals surface area contributed by atoms with Crippen molar-refractivity contribution >= 4 is 11.5 Å². The minimum absolute atomic E-state index is 0.0237. The van der Waals surface area contributed by atoms with Crippen molar-refractivity contribution in [2.45, 2.75) is 26.8 Å². The fraction of sp³-hybridized carbons (Fsp3) is 0.750. The lowest BCUT2D eigenvalue weighted by Crippen LogP contribution is -2.16. The first-order valence-corrected chi connectivity index (χ1v) is 6.53. The van der Waals surface area contributed by atoms with Gasteiger partial charge in [0, 0.05) is 19.7 Å². The van der Waals surface area contributed by atoms with Gasteiger partial charge in [-0.3, -0.25) is 10.1 Å². The molecule has 0 saturated heterocycles. The van der Waals surface area contributed by atoms with Crippen LogP contribution in [0.2, 0.25) is 0 Å². The fourth-order valence-corrected chi connectivity index (χ4v) is 1.78. The molecule has 0 aromatic carbocycles. The summed E-state index contributed by atoms with van der Waals surface area (Å²) in [6.45, 7) is 7.45. The number of aryl methyl sites for hydroxylation is 1. The summed E-state index contributed by atoms with van der Waals surface area (Å²) in [6.07, 6.45) is 0. The Morgan fingerprint density at radius 3 is 2.65 bits per heavy atom. The summed E-state index contributed by atoms with van der Waals surface area (Å²) < 4.78 is 11.8. The molecule has 0 saturated carbocycles. The number of hydrogen-bond donors (Lipinski definition) is 1. The first-order chi connectivity index (χ1) is 9.49. The van der Waals surface area contributed by atoms with E-state index in [1.54, 1.807) is 18.7 Å². The lowest BCUT2D eigenvalue weighted by molar-refractivity contribution is -0.384. The van der Waals surface area contributed by atoms with Crippen molar-refractivity contribution in [1.82, 2.24) is 9.78 Å². The zero-order valence-corrected chi connectivity index (χ0v) is 12.4. The number of nitro groups is 1. The van der Waals surface area contributed by atoms with E-state index in [0.29, 0.717) is 37.9 Å². The van der Waals surface area contributed by atoms with Gasteiger partial charge in [-0.2, -0.15) is 5.10 Å². The highest BCUT2D eigenvalue weighted by atomic mass is 16.6. The van der Waals surface area contributed by atoms with Crippen LogP contribution >= 0.6 is 0 Å². The third kappa shape index (κ3) is 4.17. The molecule has 1 rings (SSSR count). The standard InChI is InChI=1S/C12H22N4O4/c1-9(2)15-12(11(16(17)18)10(3)14-15)13-5-6-20-8-7-19-4/h9,13H,5-8H2,1-4H3. The Kier molecular flexibility index (Phi) is 6.40. The lowest BCUT2D eigenvalue weighted by Gasteiger charge is -2.12. The molecule has 0 unspecified atom stereocenters. The van der Waals surface area contributed by atoms with E-state index >= 15 is 0 Å². The van der Waals surface area contributed by atoms with Crippen molar-refractivity contribution in [1.29, 1.82) is 0 Å². The number of hydrogen-bond acceptors (Lipinski definition) is 6. The Hall–Kier alpha value is -1.67. The monoisotopic (exact) mass is 286 g/mol. The quantitative estimate of drug-likeness (QED) is 0.422. The molecule has 8 nitrogen and oxygen atoms in total. The van der Waals surface area contributed by atoms with Gasteiger partial charge in [0.25, 0.3) is 0 Å². The van der Waals surface area contributed by atoms with Crippen LogP contribution < -0.4 is 5.32 Å².